The van der Waals surface area contributed by atoms with Crippen molar-refractivity contribution in [3.05, 3.63) is 52.8 Å². The summed E-state index contributed by atoms with van der Waals surface area (Å²) in [5.41, 5.74) is 3.08. The molecule has 5 heteroatoms. The van der Waals surface area contributed by atoms with Gasteiger partial charge in [-0.25, -0.2) is 4.98 Å². The second-order valence-corrected chi connectivity index (χ2v) is 5.84. The molecule has 2 aromatic rings. The van der Waals surface area contributed by atoms with E-state index < -0.39 is 5.06 Å². The molecule has 104 valence electrons. The minimum Gasteiger partial charge on any atom is -0.346 e. The summed E-state index contributed by atoms with van der Waals surface area (Å²) in [6.45, 7) is 2.32. The number of ether oxygens (including phenoxy) is 1. The van der Waals surface area contributed by atoms with Crippen LogP contribution in [0.15, 0.2) is 41.5 Å². The molecule has 0 fully saturated rings. The second-order valence-electron chi connectivity index (χ2n) is 4.82. The Morgan fingerprint density at radius 2 is 2.30 bits per heavy atom. The van der Waals surface area contributed by atoms with E-state index in [1.54, 1.807) is 6.08 Å². The number of halogens is 2. The van der Waals surface area contributed by atoms with E-state index in [0.717, 1.165) is 22.4 Å². The fourth-order valence-corrected chi connectivity index (χ4v) is 2.61. The second kappa shape index (κ2) is 5.24. The summed E-state index contributed by atoms with van der Waals surface area (Å²) in [5, 5.41) is -0.487. The van der Waals surface area contributed by atoms with Crippen LogP contribution in [0.25, 0.3) is 11.0 Å². The van der Waals surface area contributed by atoms with Crippen LogP contribution in [0, 0.1) is 6.92 Å². The summed E-state index contributed by atoms with van der Waals surface area (Å²) in [6.07, 6.45) is 6.10. The Kier molecular flexibility index (Phi) is 3.59. The van der Waals surface area contributed by atoms with Gasteiger partial charge in [0, 0.05) is 6.42 Å². The summed E-state index contributed by atoms with van der Waals surface area (Å²) in [7, 11) is 0. The lowest BCUT2D eigenvalue weighted by atomic mass is 10.1. The number of aryl methyl sites for hydroxylation is 1. The largest absolute Gasteiger partial charge is 0.346 e. The molecule has 0 spiro atoms. The van der Waals surface area contributed by atoms with E-state index in [1.807, 2.05) is 37.3 Å². The molecule has 0 bridgehead atoms. The van der Waals surface area contributed by atoms with Crippen LogP contribution in [0.3, 0.4) is 0 Å². The van der Waals surface area contributed by atoms with Crippen LogP contribution in [0.5, 0.6) is 0 Å². The third-order valence-corrected chi connectivity index (χ3v) is 4.31. The lowest BCUT2D eigenvalue weighted by Crippen LogP contribution is -2.26. The average Bonchev–Trinajstić information content (AvgIpc) is 2.85. The molecule has 1 aliphatic carbocycles. The molecule has 1 atom stereocenters. The summed E-state index contributed by atoms with van der Waals surface area (Å²) in [4.78, 5) is 7.77. The number of nitrogens with one attached hydrogen (secondary N) is 1. The SMILES string of the molecule is Cc1cccc2[nH]c(COC3(Cl)CC=CC=C3Cl)nc12. The van der Waals surface area contributed by atoms with Crippen molar-refractivity contribution in [3.63, 3.8) is 0 Å². The highest BCUT2D eigenvalue weighted by Gasteiger charge is 2.32. The van der Waals surface area contributed by atoms with E-state index in [-0.39, 0.29) is 6.61 Å². The molecular formula is C15H14Cl2N2O. The molecule has 0 saturated carbocycles. The molecule has 1 N–H and O–H groups in total. The standard InChI is InChI=1S/C15H14Cl2N2O/c1-10-5-4-6-11-14(10)19-13(18-11)9-20-15(17)8-3-2-7-12(15)16/h2-7H,8-9H2,1H3,(H,18,19). The zero-order valence-corrected chi connectivity index (χ0v) is 12.5. The Morgan fingerprint density at radius 1 is 1.45 bits per heavy atom. The molecule has 20 heavy (non-hydrogen) atoms. The van der Waals surface area contributed by atoms with Crippen molar-refractivity contribution in [1.29, 1.82) is 0 Å². The number of imidazole rings is 1. The number of para-hydroxylation sites is 1. The first kappa shape index (κ1) is 13.7. The van der Waals surface area contributed by atoms with Crippen LogP contribution in [0.1, 0.15) is 17.8 Å². The first-order chi connectivity index (χ1) is 9.58. The van der Waals surface area contributed by atoms with E-state index in [0.29, 0.717) is 11.5 Å². The zero-order valence-electron chi connectivity index (χ0n) is 11.0. The molecule has 1 aromatic carbocycles. The average molecular weight is 309 g/mol. The minimum absolute atomic E-state index is 0.287. The van der Waals surface area contributed by atoms with Gasteiger partial charge in [-0.15, -0.1) is 0 Å². The van der Waals surface area contributed by atoms with Crippen molar-refractivity contribution >= 4 is 34.2 Å². The quantitative estimate of drug-likeness (QED) is 0.853. The molecular weight excluding hydrogens is 295 g/mol. The normalized spacial score (nSPS) is 22.2. The lowest BCUT2D eigenvalue weighted by Gasteiger charge is -2.27. The van der Waals surface area contributed by atoms with Crippen molar-refractivity contribution in [3.8, 4) is 0 Å². The minimum atomic E-state index is -0.982. The van der Waals surface area contributed by atoms with Crippen molar-refractivity contribution in [2.75, 3.05) is 0 Å². The maximum Gasteiger partial charge on any atom is 0.181 e. The maximum atomic E-state index is 6.39. The van der Waals surface area contributed by atoms with E-state index >= 15 is 0 Å². The zero-order chi connectivity index (χ0) is 14.2. The van der Waals surface area contributed by atoms with Crippen LogP contribution in [0.2, 0.25) is 0 Å². The molecule has 3 nitrogen and oxygen atoms in total. The Labute approximate surface area is 127 Å². The molecule has 0 aliphatic heterocycles. The van der Waals surface area contributed by atoms with Gasteiger partial charge in [0.1, 0.15) is 12.4 Å². The number of hydrogen-bond donors (Lipinski definition) is 1. The molecule has 1 unspecified atom stereocenters. The Morgan fingerprint density at radius 3 is 3.05 bits per heavy atom. The van der Waals surface area contributed by atoms with Gasteiger partial charge in [0.2, 0.25) is 0 Å². The summed E-state index contributed by atoms with van der Waals surface area (Å²) >= 11 is 12.5. The number of aromatic nitrogens is 2. The molecule has 1 aromatic heterocycles. The number of aromatic amines is 1. The fraction of sp³-hybridized carbons (Fsp3) is 0.267. The number of alkyl halides is 1. The van der Waals surface area contributed by atoms with E-state index in [2.05, 4.69) is 9.97 Å². The van der Waals surface area contributed by atoms with Gasteiger partial charge in [-0.1, -0.05) is 47.5 Å². The van der Waals surface area contributed by atoms with Crippen LogP contribution in [-0.2, 0) is 11.3 Å². The molecule has 3 rings (SSSR count). The predicted molar refractivity (Wildman–Crippen MR) is 81.9 cm³/mol. The monoisotopic (exact) mass is 308 g/mol. The molecule has 1 aliphatic rings. The van der Waals surface area contributed by atoms with Crippen molar-refractivity contribution in [1.82, 2.24) is 9.97 Å². The first-order valence-electron chi connectivity index (χ1n) is 6.38. The molecule has 0 radical (unpaired) electrons. The number of H-pyrrole nitrogens is 1. The van der Waals surface area contributed by atoms with Gasteiger partial charge in [-0.2, -0.15) is 0 Å². The number of allylic oxidation sites excluding steroid dienone is 2. The topological polar surface area (TPSA) is 37.9 Å². The van der Waals surface area contributed by atoms with Crippen LogP contribution in [-0.4, -0.2) is 15.0 Å². The summed E-state index contributed by atoms with van der Waals surface area (Å²) < 4.78 is 5.76. The summed E-state index contributed by atoms with van der Waals surface area (Å²) in [6, 6.07) is 6.02. The Hall–Kier alpha value is -1.29. The van der Waals surface area contributed by atoms with Crippen molar-refractivity contribution in [2.45, 2.75) is 25.0 Å². The van der Waals surface area contributed by atoms with Gasteiger partial charge in [0.05, 0.1) is 16.1 Å². The number of rotatable bonds is 3. The third kappa shape index (κ3) is 2.49. The maximum absolute atomic E-state index is 6.39. The highest BCUT2D eigenvalue weighted by atomic mass is 35.5. The predicted octanol–water partition coefficient (Wildman–Crippen LogP) is 4.41. The number of fused-ring (bicyclic) bond motifs is 1. The lowest BCUT2D eigenvalue weighted by molar-refractivity contribution is 0.0353. The highest BCUT2D eigenvalue weighted by molar-refractivity contribution is 6.39. The number of nitrogens with zero attached hydrogens (tertiary/aromatic N) is 1. The molecule has 1 heterocycles. The van der Waals surface area contributed by atoms with Gasteiger partial charge in [0.15, 0.2) is 5.06 Å². The fourth-order valence-electron chi connectivity index (χ4n) is 2.20. The number of benzene rings is 1. The first-order valence-corrected chi connectivity index (χ1v) is 7.14. The van der Waals surface area contributed by atoms with Gasteiger partial charge >= 0.3 is 0 Å². The van der Waals surface area contributed by atoms with Crippen molar-refractivity contribution < 1.29 is 4.74 Å². The molecule has 0 saturated heterocycles. The van der Waals surface area contributed by atoms with Gasteiger partial charge < -0.3 is 9.72 Å². The smallest absolute Gasteiger partial charge is 0.181 e. The van der Waals surface area contributed by atoms with Crippen LogP contribution < -0.4 is 0 Å². The van der Waals surface area contributed by atoms with Crippen molar-refractivity contribution in [2.24, 2.45) is 0 Å². The van der Waals surface area contributed by atoms with Crippen LogP contribution in [0.4, 0.5) is 0 Å². The van der Waals surface area contributed by atoms with E-state index in [9.17, 15) is 0 Å². The van der Waals surface area contributed by atoms with Crippen LogP contribution >= 0.6 is 23.2 Å². The van der Waals surface area contributed by atoms with Gasteiger partial charge in [-0.05, 0) is 24.6 Å². The Bertz CT molecular complexity index is 705. The number of hydrogen-bond acceptors (Lipinski definition) is 2. The van der Waals surface area contributed by atoms with Gasteiger partial charge in [-0.3, -0.25) is 0 Å². The van der Waals surface area contributed by atoms with E-state index in [1.165, 1.54) is 0 Å². The Balaban J connectivity index is 1.79. The third-order valence-electron chi connectivity index (χ3n) is 3.32. The highest BCUT2D eigenvalue weighted by Crippen LogP contribution is 2.36. The summed E-state index contributed by atoms with van der Waals surface area (Å²) in [5.74, 6) is 0.744. The van der Waals surface area contributed by atoms with Gasteiger partial charge in [0.25, 0.3) is 0 Å². The molecule has 0 amide bonds. The van der Waals surface area contributed by atoms with E-state index in [4.69, 9.17) is 27.9 Å².